The minimum absolute atomic E-state index is 0.132. The van der Waals surface area contributed by atoms with Crippen molar-refractivity contribution in [2.45, 2.75) is 57.8 Å². The van der Waals surface area contributed by atoms with Crippen LogP contribution in [0.1, 0.15) is 49.8 Å². The lowest BCUT2D eigenvalue weighted by Crippen LogP contribution is -2.49. The van der Waals surface area contributed by atoms with E-state index >= 15 is 0 Å². The standard InChI is InChI=1S/C27H33N5O3/c1-3-25(33)29-26(21-9-5-4-6-10-21)27(34)28-23-15-19(16-23)12-13-32-17-24(30-31-32)22-11-7-8-20(14-22)18-35-2/h4-11,14,17,19,23,26H,3,12-13,15-16,18H2,1-2H3,(H,28,34)(H,29,33). The lowest BCUT2D eigenvalue weighted by molar-refractivity contribution is -0.130. The molecule has 35 heavy (non-hydrogen) atoms. The van der Waals surface area contributed by atoms with Gasteiger partial charge in [-0.3, -0.25) is 14.3 Å². The van der Waals surface area contributed by atoms with Crippen molar-refractivity contribution in [3.8, 4) is 11.3 Å². The number of aryl methyl sites for hydroxylation is 1. The average Bonchev–Trinajstić information content (AvgIpc) is 3.33. The van der Waals surface area contributed by atoms with Gasteiger partial charge < -0.3 is 15.4 Å². The Balaban J connectivity index is 1.25. The fourth-order valence-electron chi connectivity index (χ4n) is 4.42. The van der Waals surface area contributed by atoms with E-state index in [1.807, 2.05) is 59.4 Å². The molecule has 2 aromatic carbocycles. The van der Waals surface area contributed by atoms with Gasteiger partial charge in [-0.05, 0) is 42.4 Å². The molecule has 1 atom stereocenters. The van der Waals surface area contributed by atoms with Gasteiger partial charge in [-0.2, -0.15) is 0 Å². The number of nitrogens with one attached hydrogen (secondary N) is 2. The second kappa shape index (κ2) is 11.8. The van der Waals surface area contributed by atoms with Gasteiger partial charge >= 0.3 is 0 Å². The molecule has 2 N–H and O–H groups in total. The Kier molecular flexibility index (Phi) is 8.26. The zero-order chi connectivity index (χ0) is 24.6. The number of ether oxygens (including phenoxy) is 1. The maximum absolute atomic E-state index is 12.9. The van der Waals surface area contributed by atoms with Crippen LogP contribution in [-0.4, -0.2) is 40.0 Å². The summed E-state index contributed by atoms with van der Waals surface area (Å²) in [6.07, 6.45) is 5.15. The van der Waals surface area contributed by atoms with Crippen molar-refractivity contribution >= 4 is 11.8 Å². The smallest absolute Gasteiger partial charge is 0.247 e. The first-order valence-corrected chi connectivity index (χ1v) is 12.2. The maximum Gasteiger partial charge on any atom is 0.247 e. The number of benzene rings is 2. The molecule has 1 saturated carbocycles. The predicted molar refractivity (Wildman–Crippen MR) is 133 cm³/mol. The first-order chi connectivity index (χ1) is 17.1. The van der Waals surface area contributed by atoms with Gasteiger partial charge in [-0.15, -0.1) is 5.10 Å². The van der Waals surface area contributed by atoms with E-state index in [1.54, 1.807) is 14.0 Å². The highest BCUT2D eigenvalue weighted by atomic mass is 16.5. The third-order valence-corrected chi connectivity index (χ3v) is 6.44. The number of hydrogen-bond acceptors (Lipinski definition) is 5. The molecule has 184 valence electrons. The Hall–Kier alpha value is -3.52. The Morgan fingerprint density at radius 2 is 1.94 bits per heavy atom. The molecule has 0 spiro atoms. The Morgan fingerprint density at radius 1 is 1.14 bits per heavy atom. The quantitative estimate of drug-likeness (QED) is 0.441. The van der Waals surface area contributed by atoms with Crippen molar-refractivity contribution < 1.29 is 14.3 Å². The first-order valence-electron chi connectivity index (χ1n) is 12.2. The lowest BCUT2D eigenvalue weighted by Gasteiger charge is -2.36. The fourth-order valence-corrected chi connectivity index (χ4v) is 4.42. The molecule has 1 unspecified atom stereocenters. The van der Waals surface area contributed by atoms with Crippen LogP contribution in [0.5, 0.6) is 0 Å². The summed E-state index contributed by atoms with van der Waals surface area (Å²) in [5.74, 6) is 0.231. The number of nitrogens with zero attached hydrogens (tertiary/aromatic N) is 3. The van der Waals surface area contributed by atoms with Gasteiger partial charge in [0.2, 0.25) is 11.8 Å². The number of hydrogen-bond donors (Lipinski definition) is 2. The van der Waals surface area contributed by atoms with Crippen molar-refractivity contribution in [1.82, 2.24) is 25.6 Å². The summed E-state index contributed by atoms with van der Waals surface area (Å²) in [6, 6.07) is 17.0. The fraction of sp³-hybridized carbons (Fsp3) is 0.407. The lowest BCUT2D eigenvalue weighted by atomic mass is 9.78. The van der Waals surface area contributed by atoms with Gasteiger partial charge in [0, 0.05) is 31.7 Å². The molecule has 2 amide bonds. The largest absolute Gasteiger partial charge is 0.380 e. The van der Waals surface area contributed by atoms with E-state index in [9.17, 15) is 9.59 Å². The number of carbonyl (C=O) groups is 2. The monoisotopic (exact) mass is 475 g/mol. The summed E-state index contributed by atoms with van der Waals surface area (Å²) in [5, 5.41) is 14.6. The summed E-state index contributed by atoms with van der Waals surface area (Å²) in [5.41, 5.74) is 3.77. The topological polar surface area (TPSA) is 98.1 Å². The predicted octanol–water partition coefficient (Wildman–Crippen LogP) is 3.64. The van der Waals surface area contributed by atoms with Crippen LogP contribution in [0.25, 0.3) is 11.3 Å². The second-order valence-electron chi connectivity index (χ2n) is 9.10. The summed E-state index contributed by atoms with van der Waals surface area (Å²) >= 11 is 0. The molecular formula is C27H33N5O3. The van der Waals surface area contributed by atoms with Gasteiger partial charge in [0.05, 0.1) is 12.8 Å². The van der Waals surface area contributed by atoms with Crippen molar-refractivity contribution in [2.24, 2.45) is 5.92 Å². The van der Waals surface area contributed by atoms with E-state index < -0.39 is 6.04 Å². The molecule has 0 bridgehead atoms. The molecule has 1 aromatic heterocycles. The van der Waals surface area contributed by atoms with Gasteiger partial charge in [-0.1, -0.05) is 60.7 Å². The van der Waals surface area contributed by atoms with Crippen LogP contribution in [0, 0.1) is 5.92 Å². The summed E-state index contributed by atoms with van der Waals surface area (Å²) in [6.45, 7) is 3.14. The Morgan fingerprint density at radius 3 is 2.69 bits per heavy atom. The Bertz CT molecular complexity index is 1120. The summed E-state index contributed by atoms with van der Waals surface area (Å²) in [4.78, 5) is 24.9. The number of amides is 2. The van der Waals surface area contributed by atoms with Crippen molar-refractivity contribution in [3.63, 3.8) is 0 Å². The number of methoxy groups -OCH3 is 1. The van der Waals surface area contributed by atoms with Crippen LogP contribution in [0.15, 0.2) is 60.8 Å². The van der Waals surface area contributed by atoms with Crippen LogP contribution >= 0.6 is 0 Å². The van der Waals surface area contributed by atoms with E-state index in [2.05, 4.69) is 27.0 Å². The van der Waals surface area contributed by atoms with E-state index in [1.165, 1.54) is 0 Å². The van der Waals surface area contributed by atoms with Crippen LogP contribution in [0.4, 0.5) is 0 Å². The maximum atomic E-state index is 12.9. The minimum atomic E-state index is -0.668. The second-order valence-corrected chi connectivity index (χ2v) is 9.10. The van der Waals surface area contributed by atoms with E-state index in [0.717, 1.165) is 48.2 Å². The van der Waals surface area contributed by atoms with Crippen molar-refractivity contribution in [1.29, 1.82) is 0 Å². The molecular weight excluding hydrogens is 442 g/mol. The highest BCUT2D eigenvalue weighted by Crippen LogP contribution is 2.31. The highest BCUT2D eigenvalue weighted by molar-refractivity contribution is 5.88. The molecule has 0 radical (unpaired) electrons. The molecule has 3 aromatic rings. The molecule has 0 aliphatic heterocycles. The number of aromatic nitrogens is 3. The summed E-state index contributed by atoms with van der Waals surface area (Å²) in [7, 11) is 1.69. The third-order valence-electron chi connectivity index (χ3n) is 6.44. The normalized spacial score (nSPS) is 17.9. The molecule has 1 aliphatic rings. The van der Waals surface area contributed by atoms with Gasteiger partial charge in [0.1, 0.15) is 11.7 Å². The molecule has 1 aliphatic carbocycles. The van der Waals surface area contributed by atoms with Crippen LogP contribution < -0.4 is 10.6 Å². The van der Waals surface area contributed by atoms with Crippen LogP contribution in [-0.2, 0) is 27.5 Å². The van der Waals surface area contributed by atoms with E-state index in [4.69, 9.17) is 4.74 Å². The number of rotatable bonds is 11. The molecule has 0 saturated heterocycles. The molecule has 8 heteroatoms. The average molecular weight is 476 g/mol. The van der Waals surface area contributed by atoms with Crippen LogP contribution in [0.2, 0.25) is 0 Å². The van der Waals surface area contributed by atoms with Gasteiger partial charge in [0.25, 0.3) is 0 Å². The number of carbonyl (C=O) groups excluding carboxylic acids is 2. The summed E-state index contributed by atoms with van der Waals surface area (Å²) < 4.78 is 7.10. The molecule has 4 rings (SSSR count). The highest BCUT2D eigenvalue weighted by Gasteiger charge is 2.32. The first kappa shape index (κ1) is 24.6. The molecule has 1 heterocycles. The Labute approximate surface area is 206 Å². The van der Waals surface area contributed by atoms with E-state index in [-0.39, 0.29) is 17.9 Å². The van der Waals surface area contributed by atoms with Crippen LogP contribution in [0.3, 0.4) is 0 Å². The van der Waals surface area contributed by atoms with E-state index in [0.29, 0.717) is 18.9 Å². The third kappa shape index (κ3) is 6.54. The zero-order valence-electron chi connectivity index (χ0n) is 20.3. The zero-order valence-corrected chi connectivity index (χ0v) is 20.3. The minimum Gasteiger partial charge on any atom is -0.380 e. The van der Waals surface area contributed by atoms with Gasteiger partial charge in [-0.25, -0.2) is 0 Å². The van der Waals surface area contributed by atoms with Crippen molar-refractivity contribution in [2.75, 3.05) is 7.11 Å². The molecule has 8 nitrogen and oxygen atoms in total. The van der Waals surface area contributed by atoms with Gasteiger partial charge in [0.15, 0.2) is 0 Å². The SMILES string of the molecule is CCC(=O)NC(C(=O)NC1CC(CCn2cc(-c3cccc(COC)c3)nn2)C1)c1ccccc1. The molecule has 1 fully saturated rings. The van der Waals surface area contributed by atoms with Crippen molar-refractivity contribution in [3.05, 3.63) is 71.9 Å².